The Morgan fingerprint density at radius 2 is 2.24 bits per heavy atom. The molecule has 2 aromatic heterocycles. The fourth-order valence-corrected chi connectivity index (χ4v) is 2.68. The van der Waals surface area contributed by atoms with Gasteiger partial charge >= 0.3 is 0 Å². The van der Waals surface area contributed by atoms with E-state index < -0.39 is 0 Å². The van der Waals surface area contributed by atoms with Crippen molar-refractivity contribution in [3.8, 4) is 10.7 Å². The normalized spacial score (nSPS) is 12.6. The Morgan fingerprint density at radius 3 is 2.82 bits per heavy atom. The van der Waals surface area contributed by atoms with Crippen LogP contribution >= 0.6 is 11.3 Å². The Hall–Kier alpha value is -1.33. The molecule has 0 saturated heterocycles. The number of aryl methyl sites for hydroxylation is 1. The van der Waals surface area contributed by atoms with Crippen LogP contribution in [0.5, 0.6) is 0 Å². The Balaban J connectivity index is 2.40. The molecule has 2 aromatic rings. The maximum absolute atomic E-state index is 5.97. The number of nitrogens with two attached hydrogens (primary N) is 1. The Labute approximate surface area is 105 Å². The summed E-state index contributed by atoms with van der Waals surface area (Å²) in [7, 11) is 0. The molecule has 0 bridgehead atoms. The molecule has 2 rings (SSSR count). The van der Waals surface area contributed by atoms with Gasteiger partial charge in [0.2, 0.25) is 0 Å². The third kappa shape index (κ3) is 2.68. The molecular weight excluding hydrogens is 232 g/mol. The summed E-state index contributed by atoms with van der Waals surface area (Å²) in [5, 5.41) is 0.911. The number of rotatable bonds is 4. The van der Waals surface area contributed by atoms with Gasteiger partial charge in [-0.3, -0.25) is 9.97 Å². The van der Waals surface area contributed by atoms with Crippen LogP contribution < -0.4 is 5.73 Å². The first-order valence-electron chi connectivity index (χ1n) is 5.74. The average Bonchev–Trinajstić information content (AvgIpc) is 2.75. The minimum absolute atomic E-state index is 0.0273. The van der Waals surface area contributed by atoms with Crippen LogP contribution in [0.4, 0.5) is 0 Å². The second-order valence-electron chi connectivity index (χ2n) is 3.96. The quantitative estimate of drug-likeness (QED) is 0.903. The highest BCUT2D eigenvalue weighted by Crippen LogP contribution is 2.30. The third-order valence-corrected chi connectivity index (χ3v) is 3.73. The molecule has 90 valence electrons. The lowest BCUT2D eigenvalue weighted by molar-refractivity contribution is 0.793. The maximum Gasteiger partial charge on any atom is 0.144 e. The van der Waals surface area contributed by atoms with Crippen LogP contribution in [0.25, 0.3) is 10.7 Å². The van der Waals surface area contributed by atoms with Crippen molar-refractivity contribution in [1.29, 1.82) is 0 Å². The van der Waals surface area contributed by atoms with E-state index in [0.717, 1.165) is 34.1 Å². The van der Waals surface area contributed by atoms with Crippen molar-refractivity contribution in [2.24, 2.45) is 5.73 Å². The lowest BCUT2D eigenvalue weighted by Crippen LogP contribution is -2.05. The SMILES string of the molecule is CCCc1nc(-c2cnccn2)sc1C(C)N. The molecule has 4 nitrogen and oxygen atoms in total. The summed E-state index contributed by atoms with van der Waals surface area (Å²) < 4.78 is 0. The van der Waals surface area contributed by atoms with Crippen LogP contribution in [0.1, 0.15) is 36.9 Å². The second-order valence-corrected chi connectivity index (χ2v) is 4.99. The van der Waals surface area contributed by atoms with Crippen molar-refractivity contribution in [3.05, 3.63) is 29.2 Å². The van der Waals surface area contributed by atoms with E-state index in [1.807, 2.05) is 6.92 Å². The number of aromatic nitrogens is 3. The number of nitrogens with zero attached hydrogens (tertiary/aromatic N) is 3. The van der Waals surface area contributed by atoms with Crippen LogP contribution in [0.2, 0.25) is 0 Å². The molecule has 0 aliphatic rings. The first kappa shape index (κ1) is 12.1. The highest BCUT2D eigenvalue weighted by Gasteiger charge is 2.15. The van der Waals surface area contributed by atoms with Gasteiger partial charge in [-0.05, 0) is 13.3 Å². The van der Waals surface area contributed by atoms with Crippen molar-refractivity contribution >= 4 is 11.3 Å². The first-order chi connectivity index (χ1) is 8.22. The van der Waals surface area contributed by atoms with Gasteiger partial charge in [-0.2, -0.15) is 0 Å². The molecule has 2 heterocycles. The zero-order valence-electron chi connectivity index (χ0n) is 10.1. The van der Waals surface area contributed by atoms with Gasteiger partial charge in [0.05, 0.1) is 11.9 Å². The smallest absolute Gasteiger partial charge is 0.144 e. The summed E-state index contributed by atoms with van der Waals surface area (Å²) in [5.41, 5.74) is 7.90. The monoisotopic (exact) mass is 248 g/mol. The minimum atomic E-state index is 0.0273. The summed E-state index contributed by atoms with van der Waals surface area (Å²) in [6, 6.07) is 0.0273. The lowest BCUT2D eigenvalue weighted by Gasteiger charge is -2.03. The van der Waals surface area contributed by atoms with E-state index >= 15 is 0 Å². The molecule has 1 atom stereocenters. The van der Waals surface area contributed by atoms with Gasteiger partial charge in [-0.25, -0.2) is 4.98 Å². The van der Waals surface area contributed by atoms with Gasteiger partial charge in [-0.1, -0.05) is 13.3 Å². The summed E-state index contributed by atoms with van der Waals surface area (Å²) in [5.74, 6) is 0. The van der Waals surface area contributed by atoms with Crippen molar-refractivity contribution in [2.75, 3.05) is 0 Å². The molecule has 5 heteroatoms. The largest absolute Gasteiger partial charge is 0.323 e. The molecule has 0 fully saturated rings. The van der Waals surface area contributed by atoms with E-state index in [1.165, 1.54) is 0 Å². The Kier molecular flexibility index (Phi) is 3.81. The maximum atomic E-state index is 5.97. The topological polar surface area (TPSA) is 64.7 Å². The van der Waals surface area contributed by atoms with E-state index in [-0.39, 0.29) is 6.04 Å². The van der Waals surface area contributed by atoms with Crippen LogP contribution in [0.3, 0.4) is 0 Å². The van der Waals surface area contributed by atoms with Crippen molar-refractivity contribution in [3.63, 3.8) is 0 Å². The number of hydrogen-bond donors (Lipinski definition) is 1. The molecule has 17 heavy (non-hydrogen) atoms. The van der Waals surface area contributed by atoms with Gasteiger partial charge in [0.15, 0.2) is 0 Å². The summed E-state index contributed by atoms with van der Waals surface area (Å²) in [4.78, 5) is 14.1. The number of hydrogen-bond acceptors (Lipinski definition) is 5. The lowest BCUT2D eigenvalue weighted by atomic mass is 10.2. The van der Waals surface area contributed by atoms with E-state index in [9.17, 15) is 0 Å². The summed E-state index contributed by atoms with van der Waals surface area (Å²) in [6.07, 6.45) is 7.12. The van der Waals surface area contributed by atoms with Crippen LogP contribution in [-0.2, 0) is 6.42 Å². The molecule has 0 aliphatic heterocycles. The Morgan fingerprint density at radius 1 is 1.41 bits per heavy atom. The fraction of sp³-hybridized carbons (Fsp3) is 0.417. The summed E-state index contributed by atoms with van der Waals surface area (Å²) >= 11 is 1.62. The molecule has 0 aromatic carbocycles. The highest BCUT2D eigenvalue weighted by atomic mass is 32.1. The van der Waals surface area contributed by atoms with Gasteiger partial charge in [0.25, 0.3) is 0 Å². The summed E-state index contributed by atoms with van der Waals surface area (Å²) in [6.45, 7) is 4.14. The zero-order chi connectivity index (χ0) is 12.3. The molecule has 2 N–H and O–H groups in total. The van der Waals surface area contributed by atoms with Crippen molar-refractivity contribution in [1.82, 2.24) is 15.0 Å². The second kappa shape index (κ2) is 5.33. The molecule has 0 aliphatic carbocycles. The molecular formula is C12H16N4S. The molecule has 1 unspecified atom stereocenters. The van der Waals surface area contributed by atoms with E-state index in [2.05, 4.69) is 21.9 Å². The van der Waals surface area contributed by atoms with E-state index in [1.54, 1.807) is 29.9 Å². The predicted octanol–water partition coefficient (Wildman–Crippen LogP) is 2.57. The molecule has 0 spiro atoms. The van der Waals surface area contributed by atoms with E-state index in [4.69, 9.17) is 5.73 Å². The standard InChI is InChI=1S/C12H16N4S/c1-3-4-9-11(8(2)13)17-12(16-9)10-7-14-5-6-15-10/h5-8H,3-4,13H2,1-2H3. The zero-order valence-corrected chi connectivity index (χ0v) is 10.9. The van der Waals surface area contributed by atoms with Gasteiger partial charge in [-0.15, -0.1) is 11.3 Å². The van der Waals surface area contributed by atoms with Crippen molar-refractivity contribution < 1.29 is 0 Å². The van der Waals surface area contributed by atoms with Crippen molar-refractivity contribution in [2.45, 2.75) is 32.7 Å². The molecule has 0 amide bonds. The minimum Gasteiger partial charge on any atom is -0.323 e. The van der Waals surface area contributed by atoms with E-state index in [0.29, 0.717) is 0 Å². The van der Waals surface area contributed by atoms with Gasteiger partial charge < -0.3 is 5.73 Å². The van der Waals surface area contributed by atoms with Gasteiger partial charge in [0, 0.05) is 23.3 Å². The third-order valence-electron chi connectivity index (χ3n) is 2.41. The highest BCUT2D eigenvalue weighted by molar-refractivity contribution is 7.15. The average molecular weight is 248 g/mol. The predicted molar refractivity (Wildman–Crippen MR) is 69.7 cm³/mol. The van der Waals surface area contributed by atoms with Crippen LogP contribution in [0.15, 0.2) is 18.6 Å². The first-order valence-corrected chi connectivity index (χ1v) is 6.55. The number of thiazole rings is 1. The fourth-order valence-electron chi connectivity index (χ4n) is 1.65. The molecule has 0 saturated carbocycles. The molecule has 0 radical (unpaired) electrons. The van der Waals surface area contributed by atoms with Gasteiger partial charge in [0.1, 0.15) is 10.7 Å². The Bertz CT molecular complexity index is 479. The van der Waals surface area contributed by atoms with Crippen LogP contribution in [-0.4, -0.2) is 15.0 Å². The van der Waals surface area contributed by atoms with Crippen LogP contribution in [0, 0.1) is 0 Å².